The summed E-state index contributed by atoms with van der Waals surface area (Å²) in [6, 6.07) is 0. The molecule has 0 bridgehead atoms. The van der Waals surface area contributed by atoms with Gasteiger partial charge in [0.25, 0.3) is 0 Å². The third-order valence-electron chi connectivity index (χ3n) is 0.715. The Bertz CT molecular complexity index is 150. The molecule has 7 nitrogen and oxygen atoms in total. The Morgan fingerprint density at radius 3 is 1.00 bits per heavy atom. The van der Waals surface area contributed by atoms with E-state index in [1.807, 2.05) is 0 Å². The second kappa shape index (κ2) is 12.2. The Labute approximate surface area is 89.6 Å². The predicted octanol–water partition coefficient (Wildman–Crippen LogP) is -1.22. The first-order chi connectivity index (χ1) is 6.29. The van der Waals surface area contributed by atoms with Crippen LogP contribution in [0, 0.1) is 0 Å². The summed E-state index contributed by atoms with van der Waals surface area (Å²) in [6.45, 7) is 2.39. The van der Waals surface area contributed by atoms with Crippen LogP contribution < -0.4 is 0 Å². The van der Waals surface area contributed by atoms with Gasteiger partial charge in [0.05, 0.1) is 0 Å². The van der Waals surface area contributed by atoms with Crippen LogP contribution in [0.25, 0.3) is 0 Å². The molecule has 0 rings (SSSR count). The van der Waals surface area contributed by atoms with Crippen molar-refractivity contribution in [3.8, 4) is 0 Å². The Kier molecular flexibility index (Phi) is 16.5. The second-order valence-corrected chi connectivity index (χ2v) is 2.03. The molecule has 4 N–H and O–H groups in total. The van der Waals surface area contributed by atoms with E-state index < -0.39 is 24.1 Å². The van der Waals surface area contributed by atoms with Gasteiger partial charge in [0.15, 0.2) is 0 Å². The van der Waals surface area contributed by atoms with E-state index in [0.717, 1.165) is 17.4 Å². The first kappa shape index (κ1) is 18.9. The Hall–Kier alpha value is -0.756. The van der Waals surface area contributed by atoms with Gasteiger partial charge >= 0.3 is 33.0 Å². The zero-order chi connectivity index (χ0) is 12.3. The number of hydrogen-bond acceptors (Lipinski definition) is 5. The van der Waals surface area contributed by atoms with Crippen molar-refractivity contribution in [2.45, 2.75) is 26.1 Å². The van der Waals surface area contributed by atoms with Crippen molar-refractivity contribution >= 4 is 11.9 Å². The zero-order valence-electron chi connectivity index (χ0n) is 7.62. The molecule has 0 aromatic carbocycles. The van der Waals surface area contributed by atoms with Gasteiger partial charge in [0.2, 0.25) is 0 Å². The standard InChI is InChI=1S/2C3H6O3.O.V/c2*1-2(4)3(5)6;;/h2*2,4H,1H3,(H,5,6);;. The third kappa shape index (κ3) is 22.5. The fraction of sp³-hybridized carbons (Fsp3) is 0.667. The average Bonchev–Trinajstić information content (AvgIpc) is 2.08. The first-order valence-electron chi connectivity index (χ1n) is 3.29. The summed E-state index contributed by atoms with van der Waals surface area (Å²) >= 11 is 1.06. The van der Waals surface area contributed by atoms with Crippen LogP contribution >= 0.6 is 0 Å². The molecule has 0 aromatic rings. The van der Waals surface area contributed by atoms with E-state index in [4.69, 9.17) is 24.1 Å². The molecule has 0 fully saturated rings. The van der Waals surface area contributed by atoms with E-state index in [1.165, 1.54) is 13.8 Å². The van der Waals surface area contributed by atoms with Crippen LogP contribution in [-0.4, -0.2) is 44.6 Å². The monoisotopic (exact) mass is 247 g/mol. The molecular formula is C6H12O7V. The van der Waals surface area contributed by atoms with E-state index in [-0.39, 0.29) is 0 Å². The molecule has 0 aromatic heterocycles. The summed E-state index contributed by atoms with van der Waals surface area (Å²) in [7, 11) is 0. The van der Waals surface area contributed by atoms with Gasteiger partial charge in [-0.25, -0.2) is 9.59 Å². The van der Waals surface area contributed by atoms with E-state index in [0.29, 0.717) is 0 Å². The van der Waals surface area contributed by atoms with Gasteiger partial charge in [-0.15, -0.1) is 0 Å². The summed E-state index contributed by atoms with van der Waals surface area (Å²) in [6.07, 6.45) is -2.46. The van der Waals surface area contributed by atoms with E-state index in [1.54, 1.807) is 0 Å². The minimum absolute atomic E-state index is 1.06. The summed E-state index contributed by atoms with van der Waals surface area (Å²) < 4.78 is 8.19. The number of hydrogen-bond donors (Lipinski definition) is 4. The second-order valence-electron chi connectivity index (χ2n) is 2.03. The molecule has 8 heteroatoms. The molecule has 0 spiro atoms. The van der Waals surface area contributed by atoms with Gasteiger partial charge in [0.1, 0.15) is 12.2 Å². The maximum atomic E-state index is 9.45. The molecule has 0 saturated heterocycles. The van der Waals surface area contributed by atoms with Gasteiger partial charge in [-0.05, 0) is 13.8 Å². The minimum atomic E-state index is -1.23. The molecule has 2 unspecified atom stereocenters. The molecule has 0 aliphatic rings. The van der Waals surface area contributed by atoms with Crippen LogP contribution in [0.2, 0.25) is 0 Å². The molecule has 0 amide bonds. The fourth-order valence-electron chi connectivity index (χ4n) is 0. The summed E-state index contributed by atoms with van der Waals surface area (Å²) in [4.78, 5) is 18.9. The molecule has 0 heterocycles. The van der Waals surface area contributed by atoms with Gasteiger partial charge in [-0.1, -0.05) is 0 Å². The topological polar surface area (TPSA) is 132 Å². The average molecular weight is 247 g/mol. The van der Waals surface area contributed by atoms with Crippen LogP contribution in [0.5, 0.6) is 0 Å². The van der Waals surface area contributed by atoms with Gasteiger partial charge in [-0.3, -0.25) is 0 Å². The van der Waals surface area contributed by atoms with Crippen molar-refractivity contribution in [1.29, 1.82) is 0 Å². The van der Waals surface area contributed by atoms with E-state index in [9.17, 15) is 9.59 Å². The zero-order valence-corrected chi connectivity index (χ0v) is 9.01. The van der Waals surface area contributed by atoms with Crippen LogP contribution in [0.15, 0.2) is 0 Å². The number of carbonyl (C=O) groups is 2. The quantitative estimate of drug-likeness (QED) is 0.480. The van der Waals surface area contributed by atoms with E-state index in [2.05, 4.69) is 0 Å². The van der Waals surface area contributed by atoms with Gasteiger partial charge in [0, 0.05) is 0 Å². The molecular weight excluding hydrogens is 235 g/mol. The van der Waals surface area contributed by atoms with Crippen LogP contribution in [0.1, 0.15) is 13.8 Å². The molecule has 0 aliphatic carbocycles. The van der Waals surface area contributed by atoms with Crippen molar-refractivity contribution in [2.75, 3.05) is 0 Å². The number of aliphatic hydroxyl groups is 2. The molecule has 14 heavy (non-hydrogen) atoms. The maximum absolute atomic E-state index is 9.45. The van der Waals surface area contributed by atoms with Crippen molar-refractivity contribution < 1.29 is 51.1 Å². The van der Waals surface area contributed by atoms with Crippen LogP contribution in [0.3, 0.4) is 0 Å². The van der Waals surface area contributed by atoms with Crippen molar-refractivity contribution in [1.82, 2.24) is 0 Å². The fourth-order valence-corrected chi connectivity index (χ4v) is 0. The molecule has 83 valence electrons. The number of rotatable bonds is 2. The normalized spacial score (nSPS) is 11.9. The third-order valence-corrected chi connectivity index (χ3v) is 0.715. The van der Waals surface area contributed by atoms with Gasteiger partial charge < -0.3 is 20.4 Å². The molecule has 0 aliphatic heterocycles. The van der Waals surface area contributed by atoms with E-state index >= 15 is 0 Å². The SMILES string of the molecule is CC(O)C(=O)O.CC(O)C(=O)O.[O]=[V]. The van der Waals surface area contributed by atoms with Crippen molar-refractivity contribution in [3.63, 3.8) is 0 Å². The number of carboxylic acids is 2. The summed E-state index contributed by atoms with van der Waals surface area (Å²) in [5, 5.41) is 31.5. The Balaban J connectivity index is -0.000000147. The predicted molar refractivity (Wildman–Crippen MR) is 39.3 cm³/mol. The summed E-state index contributed by atoms with van der Waals surface area (Å²) in [5.74, 6) is -2.37. The molecule has 2 atom stereocenters. The number of aliphatic hydroxyl groups excluding tert-OH is 2. The molecule has 0 radical (unpaired) electrons. The van der Waals surface area contributed by atoms with Crippen LogP contribution in [0.4, 0.5) is 0 Å². The Morgan fingerprint density at radius 1 is 0.929 bits per heavy atom. The van der Waals surface area contributed by atoms with Crippen LogP contribution in [-0.2, 0) is 30.6 Å². The van der Waals surface area contributed by atoms with Gasteiger partial charge in [-0.2, -0.15) is 0 Å². The van der Waals surface area contributed by atoms with Crippen molar-refractivity contribution in [3.05, 3.63) is 0 Å². The number of aliphatic carboxylic acids is 2. The number of carboxylic acid groups (broad SMARTS) is 2. The van der Waals surface area contributed by atoms with Crippen molar-refractivity contribution in [2.24, 2.45) is 0 Å². The summed E-state index contributed by atoms with van der Waals surface area (Å²) in [5.41, 5.74) is 0. The first-order valence-corrected chi connectivity index (χ1v) is 3.86. The molecule has 0 saturated carbocycles. The Morgan fingerprint density at radius 2 is 1.00 bits per heavy atom.